The first-order valence-corrected chi connectivity index (χ1v) is 10.6. The summed E-state index contributed by atoms with van der Waals surface area (Å²) < 4.78 is 1.79. The number of hydrogen-bond acceptors (Lipinski definition) is 3. The van der Waals surface area contributed by atoms with Gasteiger partial charge in [0.15, 0.2) is 0 Å². The molecule has 0 bridgehead atoms. The lowest BCUT2D eigenvalue weighted by Crippen LogP contribution is -2.51. The number of nitrogens with zero attached hydrogens (tertiary/aromatic N) is 2. The number of nitrogens with one attached hydrogen (secondary N) is 1. The van der Waals surface area contributed by atoms with Crippen molar-refractivity contribution in [2.75, 3.05) is 13.1 Å². The number of halogens is 1. The Morgan fingerprint density at radius 1 is 1.20 bits per heavy atom. The number of carboxylic acids is 1. The Hall–Kier alpha value is -2.54. The molecule has 1 aliphatic heterocycles. The molecule has 1 aromatic heterocycles. The van der Waals surface area contributed by atoms with Gasteiger partial charge in [0.2, 0.25) is 5.91 Å². The molecule has 0 spiro atoms. The molecule has 0 aliphatic carbocycles. The van der Waals surface area contributed by atoms with Crippen LogP contribution in [0.3, 0.4) is 0 Å². The number of aliphatic carboxylic acids is 1. The molecule has 162 valence electrons. The van der Waals surface area contributed by atoms with Gasteiger partial charge < -0.3 is 19.9 Å². The molecular formula is C22H28ClN3O4. The standard InChI is InChI=1S/C22H28ClN3O4/c1-13(2)10-17(21(28)26-8-6-14(7-9-26)22(29)30)24-20(27)19-12-15-11-16(23)4-5-18(15)25(19)3/h4-5,11-14,17H,6-10H2,1-3H3,(H,24,27)(H,29,30)/t17-/m0/s1. The molecule has 2 amide bonds. The minimum atomic E-state index is -0.815. The number of hydrogen-bond donors (Lipinski definition) is 2. The van der Waals surface area contributed by atoms with Crippen LogP contribution >= 0.6 is 11.6 Å². The number of likely N-dealkylation sites (tertiary alicyclic amines) is 1. The van der Waals surface area contributed by atoms with Crippen LogP contribution in [0.15, 0.2) is 24.3 Å². The number of carbonyl (C=O) groups is 3. The second-order valence-electron chi connectivity index (χ2n) is 8.39. The Morgan fingerprint density at radius 3 is 2.47 bits per heavy atom. The monoisotopic (exact) mass is 433 g/mol. The van der Waals surface area contributed by atoms with Crippen LogP contribution < -0.4 is 5.32 Å². The fraction of sp³-hybridized carbons (Fsp3) is 0.500. The van der Waals surface area contributed by atoms with Gasteiger partial charge in [0.25, 0.3) is 5.91 Å². The zero-order chi connectivity index (χ0) is 22.0. The lowest BCUT2D eigenvalue weighted by molar-refractivity contribution is -0.146. The number of carbonyl (C=O) groups excluding carboxylic acids is 2. The van der Waals surface area contributed by atoms with Gasteiger partial charge in [-0.2, -0.15) is 0 Å². The maximum Gasteiger partial charge on any atom is 0.306 e. The van der Waals surface area contributed by atoms with Crippen LogP contribution in [0, 0.1) is 11.8 Å². The van der Waals surface area contributed by atoms with Gasteiger partial charge in [-0.1, -0.05) is 25.4 Å². The van der Waals surface area contributed by atoms with Crippen LogP contribution in [0.5, 0.6) is 0 Å². The molecule has 1 saturated heterocycles. The Morgan fingerprint density at radius 2 is 1.87 bits per heavy atom. The van der Waals surface area contributed by atoms with E-state index >= 15 is 0 Å². The molecule has 3 rings (SSSR count). The van der Waals surface area contributed by atoms with Gasteiger partial charge in [0, 0.05) is 36.1 Å². The largest absolute Gasteiger partial charge is 0.481 e. The van der Waals surface area contributed by atoms with Crippen molar-refractivity contribution in [2.45, 2.75) is 39.2 Å². The van der Waals surface area contributed by atoms with Gasteiger partial charge in [-0.25, -0.2) is 0 Å². The molecule has 0 unspecified atom stereocenters. The zero-order valence-corrected chi connectivity index (χ0v) is 18.3. The summed E-state index contributed by atoms with van der Waals surface area (Å²) in [6.45, 7) is 4.80. The number of rotatable bonds is 6. The number of carboxylic acid groups (broad SMARTS) is 1. The maximum absolute atomic E-state index is 13.1. The van der Waals surface area contributed by atoms with E-state index in [0.29, 0.717) is 43.1 Å². The predicted molar refractivity (Wildman–Crippen MR) is 116 cm³/mol. The van der Waals surface area contributed by atoms with Crippen LogP contribution in [0.1, 0.15) is 43.6 Å². The predicted octanol–water partition coefficient (Wildman–Crippen LogP) is 3.30. The van der Waals surface area contributed by atoms with Crippen molar-refractivity contribution >= 4 is 40.3 Å². The van der Waals surface area contributed by atoms with E-state index in [-0.39, 0.29) is 17.7 Å². The summed E-state index contributed by atoms with van der Waals surface area (Å²) in [6, 6.07) is 6.55. The van der Waals surface area contributed by atoms with Crippen molar-refractivity contribution in [3.8, 4) is 0 Å². The second kappa shape index (κ2) is 9.08. The summed E-state index contributed by atoms with van der Waals surface area (Å²) in [5, 5.41) is 13.5. The van der Waals surface area contributed by atoms with Crippen LogP contribution in [-0.4, -0.2) is 51.5 Å². The number of aryl methyl sites for hydroxylation is 1. The van der Waals surface area contributed by atoms with Crippen molar-refractivity contribution in [2.24, 2.45) is 18.9 Å². The van der Waals surface area contributed by atoms with E-state index in [1.807, 2.05) is 19.9 Å². The summed E-state index contributed by atoms with van der Waals surface area (Å²) in [5.41, 5.74) is 1.34. The van der Waals surface area contributed by atoms with Crippen molar-refractivity contribution in [3.63, 3.8) is 0 Å². The van der Waals surface area contributed by atoms with Crippen LogP contribution in [0.25, 0.3) is 10.9 Å². The second-order valence-corrected chi connectivity index (χ2v) is 8.82. The first kappa shape index (κ1) is 22.2. The fourth-order valence-electron chi connectivity index (χ4n) is 4.03. The van der Waals surface area contributed by atoms with Gasteiger partial charge in [0.1, 0.15) is 11.7 Å². The molecule has 1 fully saturated rings. The third kappa shape index (κ3) is 4.78. The number of piperidine rings is 1. The van der Waals surface area contributed by atoms with Gasteiger partial charge >= 0.3 is 5.97 Å². The Labute approximate surface area is 181 Å². The molecular weight excluding hydrogens is 406 g/mol. The number of amides is 2. The van der Waals surface area contributed by atoms with Crippen molar-refractivity contribution in [3.05, 3.63) is 35.0 Å². The molecule has 1 aromatic carbocycles. The summed E-state index contributed by atoms with van der Waals surface area (Å²) in [6.07, 6.45) is 1.39. The summed E-state index contributed by atoms with van der Waals surface area (Å²) in [4.78, 5) is 39.0. The van der Waals surface area contributed by atoms with Gasteiger partial charge in [-0.3, -0.25) is 14.4 Å². The van der Waals surface area contributed by atoms with Crippen molar-refractivity contribution < 1.29 is 19.5 Å². The molecule has 0 saturated carbocycles. The van der Waals surface area contributed by atoms with E-state index in [4.69, 9.17) is 16.7 Å². The normalized spacial score (nSPS) is 16.1. The van der Waals surface area contributed by atoms with Gasteiger partial charge in [-0.15, -0.1) is 0 Å². The summed E-state index contributed by atoms with van der Waals surface area (Å²) >= 11 is 6.06. The van der Waals surface area contributed by atoms with E-state index in [1.165, 1.54) is 0 Å². The van der Waals surface area contributed by atoms with E-state index in [2.05, 4.69) is 5.32 Å². The SMILES string of the molecule is CC(C)C[C@H](NC(=O)c1cc2cc(Cl)ccc2n1C)C(=O)N1CCC(C(=O)O)CC1. The molecule has 2 heterocycles. The number of benzene rings is 1. The molecule has 1 aliphatic rings. The zero-order valence-electron chi connectivity index (χ0n) is 17.5. The third-order valence-electron chi connectivity index (χ3n) is 5.70. The number of aromatic nitrogens is 1. The van der Waals surface area contributed by atoms with Gasteiger partial charge in [-0.05, 0) is 49.4 Å². The molecule has 30 heavy (non-hydrogen) atoms. The highest BCUT2D eigenvalue weighted by Gasteiger charge is 2.32. The summed E-state index contributed by atoms with van der Waals surface area (Å²) in [7, 11) is 1.81. The average molecular weight is 434 g/mol. The quantitative estimate of drug-likeness (QED) is 0.731. The Balaban J connectivity index is 1.76. The van der Waals surface area contributed by atoms with Crippen LogP contribution in [0.4, 0.5) is 0 Å². The number of fused-ring (bicyclic) bond motifs is 1. The molecule has 2 N–H and O–H groups in total. The Kier molecular flexibility index (Phi) is 6.71. The summed E-state index contributed by atoms with van der Waals surface area (Å²) in [5.74, 6) is -1.48. The van der Waals surface area contributed by atoms with Crippen molar-refractivity contribution in [1.29, 1.82) is 0 Å². The Bertz CT molecular complexity index is 961. The molecule has 0 radical (unpaired) electrons. The molecule has 8 heteroatoms. The maximum atomic E-state index is 13.1. The minimum absolute atomic E-state index is 0.150. The minimum Gasteiger partial charge on any atom is -0.481 e. The van der Waals surface area contributed by atoms with Crippen molar-refractivity contribution in [1.82, 2.24) is 14.8 Å². The molecule has 7 nitrogen and oxygen atoms in total. The highest BCUT2D eigenvalue weighted by atomic mass is 35.5. The lowest BCUT2D eigenvalue weighted by Gasteiger charge is -2.33. The average Bonchev–Trinajstić information content (AvgIpc) is 3.02. The highest BCUT2D eigenvalue weighted by molar-refractivity contribution is 6.31. The van der Waals surface area contributed by atoms with E-state index in [1.54, 1.807) is 34.7 Å². The first-order valence-electron chi connectivity index (χ1n) is 10.2. The fourth-order valence-corrected chi connectivity index (χ4v) is 4.21. The van der Waals surface area contributed by atoms with E-state index < -0.39 is 17.9 Å². The van der Waals surface area contributed by atoms with Crippen LogP contribution in [0.2, 0.25) is 5.02 Å². The molecule has 1 atom stereocenters. The lowest BCUT2D eigenvalue weighted by atomic mass is 9.95. The van der Waals surface area contributed by atoms with Crippen LogP contribution in [-0.2, 0) is 16.6 Å². The smallest absolute Gasteiger partial charge is 0.306 e. The highest BCUT2D eigenvalue weighted by Crippen LogP contribution is 2.23. The van der Waals surface area contributed by atoms with E-state index in [9.17, 15) is 14.4 Å². The third-order valence-corrected chi connectivity index (χ3v) is 5.94. The topological polar surface area (TPSA) is 91.6 Å². The first-order chi connectivity index (χ1) is 14.2. The van der Waals surface area contributed by atoms with E-state index in [0.717, 1.165) is 10.9 Å². The van der Waals surface area contributed by atoms with Gasteiger partial charge in [0.05, 0.1) is 5.92 Å². The molecule has 2 aromatic rings.